The Labute approximate surface area is 157 Å². The molecule has 0 aliphatic carbocycles. The highest BCUT2D eigenvalue weighted by molar-refractivity contribution is 5.92. The third-order valence-electron chi connectivity index (χ3n) is 4.83. The standard InChI is InChI=1S/C21H23N3O3/c1-21(2,15-4-6-18-19(11-15)27-10-9-26-18)13-23-20(25)24-16-5-3-14-7-8-22-17(14)12-16/h3-8,11-12,22H,9-10,13H2,1-2H3,(H2,23,24,25). The fourth-order valence-corrected chi connectivity index (χ4v) is 3.17. The predicted octanol–water partition coefficient (Wildman–Crippen LogP) is 4.04. The molecule has 0 spiro atoms. The Kier molecular flexibility index (Phi) is 4.39. The minimum absolute atomic E-state index is 0.230. The van der Waals surface area contributed by atoms with Crippen LogP contribution in [0.25, 0.3) is 10.9 Å². The van der Waals surface area contributed by atoms with E-state index in [2.05, 4.69) is 29.5 Å². The van der Waals surface area contributed by atoms with Crippen LogP contribution in [0.15, 0.2) is 48.7 Å². The molecule has 140 valence electrons. The monoisotopic (exact) mass is 365 g/mol. The SMILES string of the molecule is CC(C)(CNC(=O)Nc1ccc2cc[nH]c2c1)c1ccc2c(c1)OCCO2. The largest absolute Gasteiger partial charge is 0.486 e. The third-order valence-corrected chi connectivity index (χ3v) is 4.83. The molecule has 0 unspecified atom stereocenters. The number of aromatic nitrogens is 1. The molecule has 0 fully saturated rings. The van der Waals surface area contributed by atoms with E-state index >= 15 is 0 Å². The Morgan fingerprint density at radius 1 is 1.07 bits per heavy atom. The minimum atomic E-state index is -0.253. The van der Waals surface area contributed by atoms with Crippen LogP contribution in [0, 0.1) is 0 Å². The molecule has 0 saturated carbocycles. The van der Waals surface area contributed by atoms with Gasteiger partial charge in [-0.2, -0.15) is 0 Å². The number of H-pyrrole nitrogens is 1. The number of nitrogens with one attached hydrogen (secondary N) is 3. The van der Waals surface area contributed by atoms with Gasteiger partial charge in [0.25, 0.3) is 0 Å². The number of carbonyl (C=O) groups is 1. The molecule has 3 N–H and O–H groups in total. The average molecular weight is 365 g/mol. The van der Waals surface area contributed by atoms with Gasteiger partial charge in [-0.15, -0.1) is 0 Å². The van der Waals surface area contributed by atoms with E-state index < -0.39 is 0 Å². The van der Waals surface area contributed by atoms with Gasteiger partial charge >= 0.3 is 6.03 Å². The first-order valence-electron chi connectivity index (χ1n) is 9.03. The number of urea groups is 1. The Morgan fingerprint density at radius 2 is 1.89 bits per heavy atom. The van der Waals surface area contributed by atoms with Crippen LogP contribution in [-0.4, -0.2) is 30.8 Å². The van der Waals surface area contributed by atoms with Crippen LogP contribution in [0.3, 0.4) is 0 Å². The van der Waals surface area contributed by atoms with Gasteiger partial charge < -0.3 is 25.1 Å². The molecule has 0 atom stereocenters. The van der Waals surface area contributed by atoms with Crippen molar-refractivity contribution < 1.29 is 14.3 Å². The van der Waals surface area contributed by atoms with Crippen molar-refractivity contribution in [2.45, 2.75) is 19.3 Å². The summed E-state index contributed by atoms with van der Waals surface area (Å²) >= 11 is 0. The van der Waals surface area contributed by atoms with E-state index in [0.717, 1.165) is 33.7 Å². The molecule has 2 amide bonds. The van der Waals surface area contributed by atoms with Gasteiger partial charge in [-0.05, 0) is 41.3 Å². The molecule has 0 bridgehead atoms. The van der Waals surface area contributed by atoms with E-state index in [-0.39, 0.29) is 11.4 Å². The van der Waals surface area contributed by atoms with Crippen LogP contribution in [0.2, 0.25) is 0 Å². The van der Waals surface area contributed by atoms with Crippen molar-refractivity contribution in [3.8, 4) is 11.5 Å². The molecule has 2 aromatic carbocycles. The van der Waals surface area contributed by atoms with Crippen LogP contribution in [-0.2, 0) is 5.41 Å². The zero-order chi connectivity index (χ0) is 18.9. The number of benzene rings is 2. The van der Waals surface area contributed by atoms with Crippen molar-refractivity contribution in [3.63, 3.8) is 0 Å². The molecule has 2 heterocycles. The molecular weight excluding hydrogens is 342 g/mol. The molecule has 0 radical (unpaired) electrons. The van der Waals surface area contributed by atoms with Crippen LogP contribution < -0.4 is 20.1 Å². The molecule has 1 aliphatic rings. The fraction of sp³-hybridized carbons (Fsp3) is 0.286. The smallest absolute Gasteiger partial charge is 0.319 e. The van der Waals surface area contributed by atoms with E-state index in [1.165, 1.54) is 0 Å². The van der Waals surface area contributed by atoms with Gasteiger partial charge in [0.05, 0.1) is 0 Å². The normalized spacial score (nSPS) is 13.4. The number of fused-ring (bicyclic) bond motifs is 2. The lowest BCUT2D eigenvalue weighted by Gasteiger charge is -2.27. The Bertz CT molecular complexity index is 978. The first-order chi connectivity index (χ1) is 13.0. The first-order valence-corrected chi connectivity index (χ1v) is 9.03. The lowest BCUT2D eigenvalue weighted by Crippen LogP contribution is -2.39. The van der Waals surface area contributed by atoms with Crippen molar-refractivity contribution in [2.75, 3.05) is 25.1 Å². The van der Waals surface area contributed by atoms with Crippen molar-refractivity contribution in [2.24, 2.45) is 0 Å². The highest BCUT2D eigenvalue weighted by Gasteiger charge is 2.24. The summed E-state index contributed by atoms with van der Waals surface area (Å²) < 4.78 is 11.2. The highest BCUT2D eigenvalue weighted by atomic mass is 16.6. The van der Waals surface area contributed by atoms with Gasteiger partial charge in [0.15, 0.2) is 11.5 Å². The molecule has 4 rings (SSSR count). The molecule has 1 aromatic heterocycles. The number of carbonyl (C=O) groups excluding carboxylic acids is 1. The van der Waals surface area contributed by atoms with E-state index in [0.29, 0.717) is 19.8 Å². The van der Waals surface area contributed by atoms with Gasteiger partial charge in [0, 0.05) is 29.4 Å². The van der Waals surface area contributed by atoms with Gasteiger partial charge in [-0.1, -0.05) is 26.0 Å². The van der Waals surface area contributed by atoms with Gasteiger partial charge in [0.2, 0.25) is 0 Å². The lowest BCUT2D eigenvalue weighted by molar-refractivity contribution is 0.171. The maximum Gasteiger partial charge on any atom is 0.319 e. The number of rotatable bonds is 4. The second-order valence-electron chi connectivity index (χ2n) is 7.33. The number of aromatic amines is 1. The maximum atomic E-state index is 12.3. The summed E-state index contributed by atoms with van der Waals surface area (Å²) in [5.41, 5.74) is 2.57. The maximum absolute atomic E-state index is 12.3. The minimum Gasteiger partial charge on any atom is -0.486 e. The Morgan fingerprint density at radius 3 is 2.74 bits per heavy atom. The van der Waals surface area contributed by atoms with Crippen LogP contribution in [0.4, 0.5) is 10.5 Å². The molecular formula is C21H23N3O3. The number of amides is 2. The second kappa shape index (κ2) is 6.87. The van der Waals surface area contributed by atoms with E-state index in [1.807, 2.05) is 48.7 Å². The predicted molar refractivity (Wildman–Crippen MR) is 106 cm³/mol. The molecule has 0 saturated heterocycles. The first kappa shape index (κ1) is 17.3. The molecule has 3 aromatic rings. The zero-order valence-electron chi connectivity index (χ0n) is 15.5. The number of ether oxygens (including phenoxy) is 2. The molecule has 27 heavy (non-hydrogen) atoms. The average Bonchev–Trinajstić information content (AvgIpc) is 3.14. The molecule has 6 heteroatoms. The van der Waals surface area contributed by atoms with Gasteiger partial charge in [-0.25, -0.2) is 4.79 Å². The third kappa shape index (κ3) is 3.69. The molecule has 1 aliphatic heterocycles. The van der Waals surface area contributed by atoms with Crippen molar-refractivity contribution in [1.82, 2.24) is 10.3 Å². The van der Waals surface area contributed by atoms with Crippen LogP contribution in [0.5, 0.6) is 11.5 Å². The fourth-order valence-electron chi connectivity index (χ4n) is 3.17. The Hall–Kier alpha value is -3.15. The molecule has 6 nitrogen and oxygen atoms in total. The lowest BCUT2D eigenvalue weighted by atomic mass is 9.84. The van der Waals surface area contributed by atoms with Gasteiger partial charge in [0.1, 0.15) is 13.2 Å². The summed E-state index contributed by atoms with van der Waals surface area (Å²) in [7, 11) is 0. The van der Waals surface area contributed by atoms with Crippen LogP contribution in [0.1, 0.15) is 19.4 Å². The van der Waals surface area contributed by atoms with Crippen molar-refractivity contribution in [1.29, 1.82) is 0 Å². The summed E-state index contributed by atoms with van der Waals surface area (Å²) in [6.45, 7) is 5.80. The quantitative estimate of drug-likeness (QED) is 0.653. The number of anilines is 1. The summed E-state index contributed by atoms with van der Waals surface area (Å²) in [5.74, 6) is 1.53. The van der Waals surface area contributed by atoms with Crippen LogP contribution >= 0.6 is 0 Å². The summed E-state index contributed by atoms with van der Waals surface area (Å²) in [4.78, 5) is 15.5. The van der Waals surface area contributed by atoms with Crippen molar-refractivity contribution >= 4 is 22.6 Å². The highest BCUT2D eigenvalue weighted by Crippen LogP contribution is 2.34. The number of hydrogen-bond donors (Lipinski definition) is 3. The van der Waals surface area contributed by atoms with Crippen molar-refractivity contribution in [3.05, 3.63) is 54.2 Å². The summed E-state index contributed by atoms with van der Waals surface area (Å²) in [6, 6.07) is 13.5. The van der Waals surface area contributed by atoms with E-state index in [1.54, 1.807) is 0 Å². The van der Waals surface area contributed by atoms with E-state index in [4.69, 9.17) is 9.47 Å². The summed E-state index contributed by atoms with van der Waals surface area (Å²) in [5, 5.41) is 6.95. The van der Waals surface area contributed by atoms with E-state index in [9.17, 15) is 4.79 Å². The topological polar surface area (TPSA) is 75.4 Å². The second-order valence-corrected chi connectivity index (χ2v) is 7.33. The van der Waals surface area contributed by atoms with Gasteiger partial charge in [-0.3, -0.25) is 0 Å². The summed E-state index contributed by atoms with van der Waals surface area (Å²) in [6.07, 6.45) is 1.88. The Balaban J connectivity index is 1.39. The zero-order valence-corrected chi connectivity index (χ0v) is 15.5. The number of hydrogen-bond acceptors (Lipinski definition) is 3.